The normalized spacial score (nSPS) is 9.38. The predicted molar refractivity (Wildman–Crippen MR) is 52.9 cm³/mol. The third kappa shape index (κ3) is 2.99. The van der Waals surface area contributed by atoms with E-state index >= 15 is 0 Å². The number of amides is 1. The van der Waals surface area contributed by atoms with E-state index in [9.17, 15) is 9.18 Å². The summed E-state index contributed by atoms with van der Waals surface area (Å²) in [4.78, 5) is 10.8. The predicted octanol–water partition coefficient (Wildman–Crippen LogP) is 2.71. The van der Waals surface area contributed by atoms with Crippen molar-refractivity contribution in [3.8, 4) is 0 Å². The van der Waals surface area contributed by atoms with Crippen molar-refractivity contribution in [1.82, 2.24) is 0 Å². The summed E-state index contributed by atoms with van der Waals surface area (Å²) in [7, 11) is 0. The Hall–Kier alpha value is -1.16. The zero-order valence-electron chi connectivity index (χ0n) is 6.68. The first-order valence-electron chi connectivity index (χ1n) is 3.51. The van der Waals surface area contributed by atoms with Crippen molar-refractivity contribution in [3.63, 3.8) is 0 Å². The van der Waals surface area contributed by atoms with Gasteiger partial charge in [-0.25, -0.2) is 4.39 Å². The van der Waals surface area contributed by atoms with Crippen LogP contribution in [0.3, 0.4) is 0 Å². The summed E-state index contributed by atoms with van der Waals surface area (Å²) in [5.41, 5.74) is 0.400. The second-order valence-corrected chi connectivity index (χ2v) is 3.27. The summed E-state index contributed by atoms with van der Waals surface area (Å²) in [5.74, 6) is -0.772. The fraction of sp³-hybridized carbons (Fsp3) is 0. The van der Waals surface area contributed by atoms with Crippen LogP contribution in [0.15, 0.2) is 35.3 Å². The molecule has 1 aromatic carbocycles. The van der Waals surface area contributed by atoms with Gasteiger partial charge in [-0.15, -0.1) is 0 Å². The number of benzene rings is 1. The lowest BCUT2D eigenvalue weighted by Gasteiger charge is -2.02. The lowest BCUT2D eigenvalue weighted by Crippen LogP contribution is -2.07. The second-order valence-electron chi connectivity index (χ2n) is 2.35. The van der Waals surface area contributed by atoms with E-state index in [0.717, 1.165) is 6.08 Å². The standard InChI is InChI=1S/C9H7BrFNO/c1-2-9(13)12-8-4-6(10)3-7(11)5-8/h2-5H,1H2,(H,12,13). The van der Waals surface area contributed by atoms with Crippen molar-refractivity contribution in [2.75, 3.05) is 5.32 Å². The minimum absolute atomic E-state index is 0.363. The molecule has 0 bridgehead atoms. The Balaban J connectivity index is 2.89. The van der Waals surface area contributed by atoms with Crippen LogP contribution in [0, 0.1) is 5.82 Å². The van der Waals surface area contributed by atoms with Crippen molar-refractivity contribution in [1.29, 1.82) is 0 Å². The van der Waals surface area contributed by atoms with E-state index in [2.05, 4.69) is 27.8 Å². The molecule has 1 N–H and O–H groups in total. The highest BCUT2D eigenvalue weighted by atomic mass is 79.9. The van der Waals surface area contributed by atoms with Crippen LogP contribution in [-0.2, 0) is 4.79 Å². The molecule has 1 amide bonds. The van der Waals surface area contributed by atoms with Crippen LogP contribution in [0.5, 0.6) is 0 Å². The molecule has 0 radical (unpaired) electrons. The smallest absolute Gasteiger partial charge is 0.247 e. The number of hydrogen-bond donors (Lipinski definition) is 1. The molecule has 68 valence electrons. The van der Waals surface area contributed by atoms with Crippen molar-refractivity contribution in [3.05, 3.63) is 41.1 Å². The fourth-order valence-corrected chi connectivity index (χ4v) is 1.28. The van der Waals surface area contributed by atoms with Crippen molar-refractivity contribution in [2.24, 2.45) is 0 Å². The Morgan fingerprint density at radius 1 is 1.54 bits per heavy atom. The summed E-state index contributed by atoms with van der Waals surface area (Å²) >= 11 is 3.11. The molecule has 2 nitrogen and oxygen atoms in total. The summed E-state index contributed by atoms with van der Waals surface area (Å²) in [5, 5.41) is 2.45. The molecule has 0 aliphatic rings. The minimum Gasteiger partial charge on any atom is -0.322 e. The molecule has 13 heavy (non-hydrogen) atoms. The molecular weight excluding hydrogens is 237 g/mol. The zero-order valence-corrected chi connectivity index (χ0v) is 8.27. The SMILES string of the molecule is C=CC(=O)Nc1cc(F)cc(Br)c1. The van der Waals surface area contributed by atoms with Gasteiger partial charge in [0.25, 0.3) is 0 Å². The van der Waals surface area contributed by atoms with Crippen LogP contribution in [0.1, 0.15) is 0 Å². The van der Waals surface area contributed by atoms with Gasteiger partial charge in [0.1, 0.15) is 5.82 Å². The molecule has 1 rings (SSSR count). The Labute approximate surface area is 83.6 Å². The van der Waals surface area contributed by atoms with Crippen LogP contribution < -0.4 is 5.32 Å². The molecule has 0 saturated heterocycles. The maximum absolute atomic E-state index is 12.8. The molecule has 1 aromatic rings. The molecule has 0 saturated carbocycles. The van der Waals surface area contributed by atoms with Gasteiger partial charge in [0.05, 0.1) is 0 Å². The lowest BCUT2D eigenvalue weighted by molar-refractivity contribution is -0.111. The average molecular weight is 244 g/mol. The Morgan fingerprint density at radius 3 is 2.77 bits per heavy atom. The van der Waals surface area contributed by atoms with Crippen LogP contribution in [0.4, 0.5) is 10.1 Å². The number of rotatable bonds is 2. The molecule has 0 spiro atoms. The van der Waals surface area contributed by atoms with Gasteiger partial charge in [0.15, 0.2) is 0 Å². The van der Waals surface area contributed by atoms with Gasteiger partial charge in [-0.1, -0.05) is 22.5 Å². The molecule has 0 fully saturated rings. The maximum Gasteiger partial charge on any atom is 0.247 e. The van der Waals surface area contributed by atoms with E-state index in [1.54, 1.807) is 6.07 Å². The van der Waals surface area contributed by atoms with Crippen LogP contribution in [0.2, 0.25) is 0 Å². The van der Waals surface area contributed by atoms with Crippen molar-refractivity contribution in [2.45, 2.75) is 0 Å². The lowest BCUT2D eigenvalue weighted by atomic mass is 10.3. The molecule has 0 unspecified atom stereocenters. The average Bonchev–Trinajstić information content (AvgIpc) is 2.02. The molecular formula is C9H7BrFNO. The number of carbonyl (C=O) groups excluding carboxylic acids is 1. The molecule has 0 aromatic heterocycles. The number of hydrogen-bond acceptors (Lipinski definition) is 1. The third-order valence-electron chi connectivity index (χ3n) is 1.32. The summed E-state index contributed by atoms with van der Waals surface area (Å²) in [6.07, 6.45) is 1.12. The van der Waals surface area contributed by atoms with E-state index in [1.165, 1.54) is 12.1 Å². The van der Waals surface area contributed by atoms with Gasteiger partial charge in [0, 0.05) is 10.2 Å². The molecule has 0 aliphatic heterocycles. The van der Waals surface area contributed by atoms with E-state index in [1.807, 2.05) is 0 Å². The third-order valence-corrected chi connectivity index (χ3v) is 1.77. The number of carbonyl (C=O) groups is 1. The van der Waals surface area contributed by atoms with Gasteiger partial charge in [-0.05, 0) is 24.3 Å². The first-order chi connectivity index (χ1) is 6.11. The quantitative estimate of drug-likeness (QED) is 0.796. The minimum atomic E-state index is -0.409. The highest BCUT2D eigenvalue weighted by Crippen LogP contribution is 2.18. The zero-order chi connectivity index (χ0) is 9.84. The summed E-state index contributed by atoms with van der Waals surface area (Å²) in [6.45, 7) is 3.28. The highest BCUT2D eigenvalue weighted by molar-refractivity contribution is 9.10. The van der Waals surface area contributed by atoms with Gasteiger partial charge in [0.2, 0.25) is 5.91 Å². The Kier molecular flexibility index (Phi) is 3.19. The van der Waals surface area contributed by atoms with Crippen LogP contribution in [0.25, 0.3) is 0 Å². The number of nitrogens with one attached hydrogen (secondary N) is 1. The molecule has 0 atom stereocenters. The first kappa shape index (κ1) is 9.92. The second kappa shape index (κ2) is 4.18. The maximum atomic E-state index is 12.8. The van der Waals surface area contributed by atoms with Gasteiger partial charge in [-0.3, -0.25) is 4.79 Å². The molecule has 0 heterocycles. The first-order valence-corrected chi connectivity index (χ1v) is 4.30. The largest absolute Gasteiger partial charge is 0.322 e. The Bertz CT molecular complexity index is 331. The van der Waals surface area contributed by atoms with Crippen molar-refractivity contribution >= 4 is 27.5 Å². The topological polar surface area (TPSA) is 29.1 Å². The Morgan fingerprint density at radius 2 is 2.23 bits per heavy atom. The van der Waals surface area contributed by atoms with Crippen LogP contribution in [-0.4, -0.2) is 5.91 Å². The van der Waals surface area contributed by atoms with Crippen LogP contribution >= 0.6 is 15.9 Å². The van der Waals surface area contributed by atoms with E-state index in [4.69, 9.17) is 0 Å². The monoisotopic (exact) mass is 243 g/mol. The van der Waals surface area contributed by atoms with Gasteiger partial charge >= 0.3 is 0 Å². The van der Waals surface area contributed by atoms with E-state index < -0.39 is 5.82 Å². The highest BCUT2D eigenvalue weighted by Gasteiger charge is 2.00. The molecule has 4 heteroatoms. The summed E-state index contributed by atoms with van der Waals surface area (Å²) in [6, 6.07) is 4.14. The van der Waals surface area contributed by atoms with Gasteiger partial charge < -0.3 is 5.32 Å². The fourth-order valence-electron chi connectivity index (χ4n) is 0.819. The van der Waals surface area contributed by atoms with E-state index in [-0.39, 0.29) is 5.91 Å². The molecule has 0 aliphatic carbocycles. The summed E-state index contributed by atoms with van der Waals surface area (Å²) < 4.78 is 13.4. The number of halogens is 2. The number of anilines is 1. The van der Waals surface area contributed by atoms with Crippen molar-refractivity contribution < 1.29 is 9.18 Å². The van der Waals surface area contributed by atoms with E-state index in [0.29, 0.717) is 10.2 Å². The van der Waals surface area contributed by atoms with Gasteiger partial charge in [-0.2, -0.15) is 0 Å².